The maximum atomic E-state index is 12.3. The number of methoxy groups -OCH3 is 2. The third-order valence-electron chi connectivity index (χ3n) is 5.46. The SMILES string of the molecule is COc1cccc(OC)c1C=CCNC(=O)OCC1c2ccccc2-c2ccccc21. The van der Waals surface area contributed by atoms with Crippen LogP contribution < -0.4 is 14.8 Å². The van der Waals surface area contributed by atoms with Crippen molar-refractivity contribution in [3.8, 4) is 22.6 Å². The normalized spacial score (nSPS) is 12.3. The Morgan fingerprint density at radius 1 is 0.871 bits per heavy atom. The second-order valence-corrected chi connectivity index (χ2v) is 7.19. The van der Waals surface area contributed by atoms with Crippen LogP contribution in [0.4, 0.5) is 4.79 Å². The van der Waals surface area contributed by atoms with Crippen LogP contribution in [0, 0.1) is 0 Å². The van der Waals surface area contributed by atoms with E-state index in [-0.39, 0.29) is 5.92 Å². The minimum atomic E-state index is -0.446. The molecule has 1 aliphatic rings. The molecule has 0 aromatic heterocycles. The second-order valence-electron chi connectivity index (χ2n) is 7.19. The maximum absolute atomic E-state index is 12.3. The van der Waals surface area contributed by atoms with Crippen LogP contribution in [0.15, 0.2) is 72.8 Å². The second kappa shape index (κ2) is 9.39. The molecule has 0 fully saturated rings. The van der Waals surface area contributed by atoms with E-state index in [2.05, 4.69) is 29.6 Å². The van der Waals surface area contributed by atoms with Gasteiger partial charge in [-0.25, -0.2) is 4.79 Å². The molecular weight excluding hydrogens is 390 g/mol. The molecule has 0 saturated heterocycles. The van der Waals surface area contributed by atoms with Crippen LogP contribution in [0.2, 0.25) is 0 Å². The number of carbonyl (C=O) groups is 1. The Morgan fingerprint density at radius 2 is 1.45 bits per heavy atom. The lowest BCUT2D eigenvalue weighted by atomic mass is 9.98. The molecule has 1 aliphatic carbocycles. The summed E-state index contributed by atoms with van der Waals surface area (Å²) in [5.41, 5.74) is 5.63. The molecule has 158 valence electrons. The fourth-order valence-corrected chi connectivity index (χ4v) is 4.01. The van der Waals surface area contributed by atoms with Gasteiger partial charge in [-0.2, -0.15) is 0 Å². The van der Waals surface area contributed by atoms with Crippen molar-refractivity contribution in [2.24, 2.45) is 0 Å². The number of carbonyl (C=O) groups excluding carboxylic acids is 1. The predicted molar refractivity (Wildman–Crippen MR) is 122 cm³/mol. The smallest absolute Gasteiger partial charge is 0.407 e. The zero-order valence-corrected chi connectivity index (χ0v) is 17.6. The number of nitrogens with one attached hydrogen (secondary N) is 1. The summed E-state index contributed by atoms with van der Waals surface area (Å²) in [6.45, 7) is 0.627. The molecule has 0 heterocycles. The van der Waals surface area contributed by atoms with E-state index in [1.807, 2.05) is 54.6 Å². The molecule has 0 atom stereocenters. The van der Waals surface area contributed by atoms with Gasteiger partial charge >= 0.3 is 6.09 Å². The van der Waals surface area contributed by atoms with Crippen molar-refractivity contribution >= 4 is 12.2 Å². The molecule has 0 saturated carbocycles. The summed E-state index contributed by atoms with van der Waals surface area (Å²) < 4.78 is 16.3. The van der Waals surface area contributed by atoms with Gasteiger partial charge in [0.2, 0.25) is 0 Å². The molecular formula is C26H25NO4. The average molecular weight is 415 g/mol. The summed E-state index contributed by atoms with van der Waals surface area (Å²) in [7, 11) is 3.22. The Kier molecular flexibility index (Phi) is 6.22. The maximum Gasteiger partial charge on any atom is 0.407 e. The number of amides is 1. The van der Waals surface area contributed by atoms with Gasteiger partial charge in [-0.15, -0.1) is 0 Å². The van der Waals surface area contributed by atoms with Gasteiger partial charge in [0.25, 0.3) is 0 Å². The Labute approximate surface area is 182 Å². The monoisotopic (exact) mass is 415 g/mol. The van der Waals surface area contributed by atoms with Crippen LogP contribution in [0.3, 0.4) is 0 Å². The number of benzene rings is 3. The van der Waals surface area contributed by atoms with Crippen LogP contribution in [0.25, 0.3) is 17.2 Å². The van der Waals surface area contributed by atoms with E-state index in [9.17, 15) is 4.79 Å². The summed E-state index contributed by atoms with van der Waals surface area (Å²) in [6.07, 6.45) is 3.25. The first-order chi connectivity index (χ1) is 15.2. The Hall–Kier alpha value is -3.73. The molecule has 1 amide bonds. The van der Waals surface area contributed by atoms with E-state index in [0.717, 1.165) is 5.56 Å². The van der Waals surface area contributed by atoms with Gasteiger partial charge < -0.3 is 19.5 Å². The van der Waals surface area contributed by atoms with Gasteiger partial charge in [-0.05, 0) is 40.5 Å². The van der Waals surface area contributed by atoms with Gasteiger partial charge in [-0.1, -0.05) is 60.7 Å². The molecule has 4 rings (SSSR count). The van der Waals surface area contributed by atoms with E-state index in [4.69, 9.17) is 14.2 Å². The van der Waals surface area contributed by atoms with Crippen molar-refractivity contribution in [1.82, 2.24) is 5.32 Å². The number of ether oxygens (including phenoxy) is 3. The van der Waals surface area contributed by atoms with Crippen LogP contribution in [-0.4, -0.2) is 33.5 Å². The van der Waals surface area contributed by atoms with Crippen molar-refractivity contribution in [3.05, 3.63) is 89.5 Å². The van der Waals surface area contributed by atoms with Crippen LogP contribution in [0.1, 0.15) is 22.6 Å². The predicted octanol–water partition coefficient (Wildman–Crippen LogP) is 5.26. The van der Waals surface area contributed by atoms with Crippen LogP contribution in [0.5, 0.6) is 11.5 Å². The summed E-state index contributed by atoms with van der Waals surface area (Å²) in [4.78, 5) is 12.3. The third kappa shape index (κ3) is 4.26. The van der Waals surface area contributed by atoms with Crippen molar-refractivity contribution in [1.29, 1.82) is 0 Å². The lowest BCUT2D eigenvalue weighted by Gasteiger charge is -2.14. The molecule has 0 spiro atoms. The largest absolute Gasteiger partial charge is 0.496 e. The molecule has 1 N–H and O–H groups in total. The van der Waals surface area contributed by atoms with E-state index >= 15 is 0 Å². The van der Waals surface area contributed by atoms with Gasteiger partial charge in [0.15, 0.2) is 0 Å². The third-order valence-corrected chi connectivity index (χ3v) is 5.46. The highest BCUT2D eigenvalue weighted by atomic mass is 16.5. The van der Waals surface area contributed by atoms with E-state index in [1.54, 1.807) is 14.2 Å². The fourth-order valence-electron chi connectivity index (χ4n) is 4.01. The number of hydrogen-bond acceptors (Lipinski definition) is 4. The number of alkyl carbamates (subject to hydrolysis) is 1. The fraction of sp³-hybridized carbons (Fsp3) is 0.192. The summed E-state index contributed by atoms with van der Waals surface area (Å²) in [6, 6.07) is 22.1. The number of rotatable bonds is 7. The molecule has 5 heteroatoms. The first-order valence-corrected chi connectivity index (χ1v) is 10.2. The molecule has 0 unspecified atom stereocenters. The first kappa shape index (κ1) is 20.5. The van der Waals surface area contributed by atoms with E-state index in [1.165, 1.54) is 22.3 Å². The minimum absolute atomic E-state index is 0.0477. The molecule has 0 radical (unpaired) electrons. The van der Waals surface area contributed by atoms with Crippen LogP contribution >= 0.6 is 0 Å². The van der Waals surface area contributed by atoms with Crippen molar-refractivity contribution < 1.29 is 19.0 Å². The molecule has 0 aliphatic heterocycles. The highest BCUT2D eigenvalue weighted by molar-refractivity contribution is 5.79. The molecule has 3 aromatic carbocycles. The first-order valence-electron chi connectivity index (χ1n) is 10.2. The highest BCUT2D eigenvalue weighted by Gasteiger charge is 2.28. The average Bonchev–Trinajstić information content (AvgIpc) is 3.14. The van der Waals surface area contributed by atoms with Crippen molar-refractivity contribution in [2.75, 3.05) is 27.4 Å². The van der Waals surface area contributed by atoms with Crippen molar-refractivity contribution in [2.45, 2.75) is 5.92 Å². The van der Waals surface area contributed by atoms with E-state index < -0.39 is 6.09 Å². The van der Waals surface area contributed by atoms with E-state index in [0.29, 0.717) is 24.7 Å². The molecule has 3 aromatic rings. The van der Waals surface area contributed by atoms with Gasteiger partial charge in [0.1, 0.15) is 18.1 Å². The number of fused-ring (bicyclic) bond motifs is 3. The highest BCUT2D eigenvalue weighted by Crippen LogP contribution is 2.44. The summed E-state index contributed by atoms with van der Waals surface area (Å²) in [5, 5.41) is 2.77. The molecule has 0 bridgehead atoms. The zero-order valence-electron chi connectivity index (χ0n) is 17.6. The summed E-state index contributed by atoms with van der Waals surface area (Å²) in [5.74, 6) is 1.46. The zero-order chi connectivity index (χ0) is 21.6. The quantitative estimate of drug-likeness (QED) is 0.572. The Morgan fingerprint density at radius 3 is 2.03 bits per heavy atom. The van der Waals surface area contributed by atoms with Gasteiger partial charge in [-0.3, -0.25) is 0 Å². The Balaban J connectivity index is 1.35. The van der Waals surface area contributed by atoms with Gasteiger partial charge in [0.05, 0.1) is 19.8 Å². The molecule has 5 nitrogen and oxygen atoms in total. The lowest BCUT2D eigenvalue weighted by molar-refractivity contribution is 0.144. The Bertz CT molecular complexity index is 1040. The number of hydrogen-bond donors (Lipinski definition) is 1. The standard InChI is InChI=1S/C26H25NO4/c1-29-24-14-7-15-25(30-2)22(24)13-8-16-27-26(28)31-17-23-20-11-5-3-9-18(20)19-10-4-6-12-21(19)23/h3-15,23H,16-17H2,1-2H3,(H,27,28). The summed E-state index contributed by atoms with van der Waals surface area (Å²) >= 11 is 0. The van der Waals surface area contributed by atoms with Gasteiger partial charge in [0, 0.05) is 12.5 Å². The molecule has 31 heavy (non-hydrogen) atoms. The minimum Gasteiger partial charge on any atom is -0.496 e. The van der Waals surface area contributed by atoms with Crippen molar-refractivity contribution in [3.63, 3.8) is 0 Å². The van der Waals surface area contributed by atoms with Crippen LogP contribution in [-0.2, 0) is 4.74 Å². The lowest BCUT2D eigenvalue weighted by Crippen LogP contribution is -2.26. The topological polar surface area (TPSA) is 56.8 Å².